The van der Waals surface area contributed by atoms with E-state index in [1.807, 2.05) is 39.0 Å². The van der Waals surface area contributed by atoms with Crippen LogP contribution >= 0.6 is 0 Å². The minimum Gasteiger partial charge on any atom is -0.452 e. The van der Waals surface area contributed by atoms with Gasteiger partial charge >= 0.3 is 5.97 Å². The van der Waals surface area contributed by atoms with Gasteiger partial charge in [0.1, 0.15) is 5.60 Å². The standard InChI is InChI=1S/C17H23NO2/c1-4-5-6-7-8-13-17(2,3)20-16(19)14-9-11-15(18)12-10-14/h4-5,8-13H,6-7,18H2,1-3H3/b5-4+,13-8+. The van der Waals surface area contributed by atoms with Crippen molar-refractivity contribution in [3.63, 3.8) is 0 Å². The lowest BCUT2D eigenvalue weighted by Crippen LogP contribution is -2.25. The third-order valence-corrected chi connectivity index (χ3v) is 2.76. The number of nitrogen functional groups attached to an aromatic ring is 1. The van der Waals surface area contributed by atoms with Crippen molar-refractivity contribution in [2.45, 2.75) is 39.2 Å². The average Bonchev–Trinajstić information content (AvgIpc) is 2.38. The first-order valence-corrected chi connectivity index (χ1v) is 6.82. The van der Waals surface area contributed by atoms with E-state index in [2.05, 4.69) is 6.08 Å². The Labute approximate surface area is 121 Å². The van der Waals surface area contributed by atoms with Gasteiger partial charge in [0.15, 0.2) is 0 Å². The molecule has 0 atom stereocenters. The van der Waals surface area contributed by atoms with Gasteiger partial charge < -0.3 is 10.5 Å². The molecule has 0 spiro atoms. The zero-order valence-corrected chi connectivity index (χ0v) is 12.4. The summed E-state index contributed by atoms with van der Waals surface area (Å²) in [6.45, 7) is 5.74. The van der Waals surface area contributed by atoms with Crippen LogP contribution in [0, 0.1) is 0 Å². The largest absolute Gasteiger partial charge is 0.452 e. The molecule has 0 heterocycles. The van der Waals surface area contributed by atoms with Gasteiger partial charge in [-0.05, 0) is 64.0 Å². The molecule has 0 unspecified atom stereocenters. The molecule has 0 aromatic heterocycles. The summed E-state index contributed by atoms with van der Waals surface area (Å²) in [6.07, 6.45) is 10.0. The highest BCUT2D eigenvalue weighted by Crippen LogP contribution is 2.16. The van der Waals surface area contributed by atoms with Gasteiger partial charge in [0.25, 0.3) is 0 Å². The summed E-state index contributed by atoms with van der Waals surface area (Å²) in [7, 11) is 0. The van der Waals surface area contributed by atoms with Crippen LogP contribution in [0.1, 0.15) is 44.0 Å². The maximum atomic E-state index is 12.0. The van der Waals surface area contributed by atoms with Crippen LogP contribution in [-0.4, -0.2) is 11.6 Å². The molecular formula is C17H23NO2. The van der Waals surface area contributed by atoms with E-state index in [-0.39, 0.29) is 5.97 Å². The van der Waals surface area contributed by atoms with E-state index < -0.39 is 5.60 Å². The van der Waals surface area contributed by atoms with Crippen LogP contribution < -0.4 is 5.73 Å². The summed E-state index contributed by atoms with van der Waals surface area (Å²) in [4.78, 5) is 12.0. The predicted octanol–water partition coefficient (Wildman–Crippen LogP) is 4.12. The molecule has 0 bridgehead atoms. The quantitative estimate of drug-likeness (QED) is 0.367. The molecule has 1 aromatic carbocycles. The summed E-state index contributed by atoms with van der Waals surface area (Å²) in [6, 6.07) is 6.72. The lowest BCUT2D eigenvalue weighted by atomic mass is 10.1. The highest BCUT2D eigenvalue weighted by atomic mass is 16.6. The molecule has 0 saturated heterocycles. The average molecular weight is 273 g/mol. The lowest BCUT2D eigenvalue weighted by Gasteiger charge is -2.21. The summed E-state index contributed by atoms with van der Waals surface area (Å²) in [5, 5.41) is 0. The van der Waals surface area contributed by atoms with E-state index in [0.29, 0.717) is 11.3 Å². The molecule has 2 N–H and O–H groups in total. The van der Waals surface area contributed by atoms with E-state index in [4.69, 9.17) is 10.5 Å². The summed E-state index contributed by atoms with van der Waals surface area (Å²) in [5.41, 5.74) is 6.11. The number of ether oxygens (including phenoxy) is 1. The third kappa shape index (κ3) is 5.74. The molecule has 1 rings (SSSR count). The number of benzene rings is 1. The molecular weight excluding hydrogens is 250 g/mol. The fourth-order valence-electron chi connectivity index (χ4n) is 1.68. The molecule has 3 heteroatoms. The number of carbonyl (C=O) groups excluding carboxylic acids is 1. The van der Waals surface area contributed by atoms with Crippen LogP contribution in [-0.2, 0) is 4.74 Å². The van der Waals surface area contributed by atoms with Crippen molar-refractivity contribution in [2.75, 3.05) is 5.73 Å². The Hall–Kier alpha value is -2.03. The Kier molecular flexibility index (Phi) is 6.04. The number of esters is 1. The van der Waals surface area contributed by atoms with Crippen LogP contribution in [0.4, 0.5) is 5.69 Å². The molecule has 20 heavy (non-hydrogen) atoms. The SMILES string of the molecule is C/C=C/CC/C=C/C(C)(C)OC(=O)c1ccc(N)cc1. The Bertz CT molecular complexity index is 484. The molecule has 1 aromatic rings. The normalized spacial score (nSPS) is 12.2. The summed E-state index contributed by atoms with van der Waals surface area (Å²) in [5.74, 6) is -0.340. The molecule has 0 saturated carbocycles. The number of allylic oxidation sites excluding steroid dienone is 3. The first-order valence-electron chi connectivity index (χ1n) is 6.82. The fraction of sp³-hybridized carbons (Fsp3) is 0.353. The molecule has 3 nitrogen and oxygen atoms in total. The number of carbonyl (C=O) groups is 1. The molecule has 0 aliphatic carbocycles. The molecule has 0 aliphatic heterocycles. The van der Waals surface area contributed by atoms with Gasteiger partial charge in [0, 0.05) is 5.69 Å². The first kappa shape index (κ1) is 16.0. The minimum absolute atomic E-state index is 0.340. The van der Waals surface area contributed by atoms with Gasteiger partial charge in [0.05, 0.1) is 5.56 Å². The smallest absolute Gasteiger partial charge is 0.338 e. The Morgan fingerprint density at radius 2 is 1.80 bits per heavy atom. The number of hydrogen-bond acceptors (Lipinski definition) is 3. The van der Waals surface area contributed by atoms with E-state index in [9.17, 15) is 4.79 Å². The number of rotatable bonds is 6. The van der Waals surface area contributed by atoms with Gasteiger partial charge in [-0.25, -0.2) is 4.79 Å². The third-order valence-electron chi connectivity index (χ3n) is 2.76. The molecule has 108 valence electrons. The second-order valence-corrected chi connectivity index (χ2v) is 5.16. The number of anilines is 1. The van der Waals surface area contributed by atoms with Gasteiger partial charge in [-0.3, -0.25) is 0 Å². The molecule has 0 radical (unpaired) electrons. The second-order valence-electron chi connectivity index (χ2n) is 5.16. The van der Waals surface area contributed by atoms with Gasteiger partial charge in [0.2, 0.25) is 0 Å². The molecule has 0 fully saturated rings. The predicted molar refractivity (Wildman–Crippen MR) is 83.5 cm³/mol. The zero-order chi connectivity index (χ0) is 15.0. The number of hydrogen-bond donors (Lipinski definition) is 1. The van der Waals surface area contributed by atoms with Crippen LogP contribution in [0.25, 0.3) is 0 Å². The van der Waals surface area contributed by atoms with Gasteiger partial charge in [-0.1, -0.05) is 18.2 Å². The van der Waals surface area contributed by atoms with Crippen molar-refractivity contribution in [1.82, 2.24) is 0 Å². The highest BCUT2D eigenvalue weighted by Gasteiger charge is 2.20. The Balaban J connectivity index is 2.56. The monoisotopic (exact) mass is 273 g/mol. The number of nitrogens with two attached hydrogens (primary N) is 1. The minimum atomic E-state index is -0.617. The first-order chi connectivity index (χ1) is 9.44. The van der Waals surface area contributed by atoms with E-state index in [0.717, 1.165) is 12.8 Å². The van der Waals surface area contributed by atoms with Crippen molar-refractivity contribution in [2.24, 2.45) is 0 Å². The lowest BCUT2D eigenvalue weighted by molar-refractivity contribution is 0.0173. The summed E-state index contributed by atoms with van der Waals surface area (Å²) < 4.78 is 5.49. The van der Waals surface area contributed by atoms with Crippen LogP contribution in [0.15, 0.2) is 48.6 Å². The molecule has 0 aliphatic rings. The summed E-state index contributed by atoms with van der Waals surface area (Å²) >= 11 is 0. The van der Waals surface area contributed by atoms with Gasteiger partial charge in [-0.15, -0.1) is 0 Å². The highest BCUT2D eigenvalue weighted by molar-refractivity contribution is 5.90. The van der Waals surface area contributed by atoms with Crippen molar-refractivity contribution in [3.05, 3.63) is 54.1 Å². The Morgan fingerprint density at radius 1 is 1.20 bits per heavy atom. The zero-order valence-electron chi connectivity index (χ0n) is 12.4. The maximum Gasteiger partial charge on any atom is 0.338 e. The Morgan fingerprint density at radius 3 is 2.40 bits per heavy atom. The number of unbranched alkanes of at least 4 members (excludes halogenated alkanes) is 1. The van der Waals surface area contributed by atoms with E-state index in [1.54, 1.807) is 24.3 Å². The van der Waals surface area contributed by atoms with E-state index >= 15 is 0 Å². The fourth-order valence-corrected chi connectivity index (χ4v) is 1.68. The van der Waals surface area contributed by atoms with Crippen molar-refractivity contribution < 1.29 is 9.53 Å². The van der Waals surface area contributed by atoms with Gasteiger partial charge in [-0.2, -0.15) is 0 Å². The molecule has 0 amide bonds. The van der Waals surface area contributed by atoms with Crippen molar-refractivity contribution in [3.8, 4) is 0 Å². The van der Waals surface area contributed by atoms with Crippen LogP contribution in [0.5, 0.6) is 0 Å². The second kappa shape index (κ2) is 7.53. The van der Waals surface area contributed by atoms with Crippen LogP contribution in [0.2, 0.25) is 0 Å². The topological polar surface area (TPSA) is 52.3 Å². The van der Waals surface area contributed by atoms with E-state index in [1.165, 1.54) is 0 Å². The van der Waals surface area contributed by atoms with Crippen molar-refractivity contribution >= 4 is 11.7 Å². The maximum absolute atomic E-state index is 12.0. The van der Waals surface area contributed by atoms with Crippen molar-refractivity contribution in [1.29, 1.82) is 0 Å². The van der Waals surface area contributed by atoms with Crippen LogP contribution in [0.3, 0.4) is 0 Å².